The topological polar surface area (TPSA) is 3.24 Å². The lowest BCUT2D eigenvalue weighted by Crippen LogP contribution is -2.40. The summed E-state index contributed by atoms with van der Waals surface area (Å²) in [5.74, 6) is 1.70. The Morgan fingerprint density at radius 1 is 1.19 bits per heavy atom. The van der Waals surface area contributed by atoms with E-state index in [1.165, 1.54) is 38.6 Å². The van der Waals surface area contributed by atoms with Crippen LogP contribution < -0.4 is 0 Å². The lowest BCUT2D eigenvalue weighted by molar-refractivity contribution is 0.129. The summed E-state index contributed by atoms with van der Waals surface area (Å²) >= 11 is 4.52. The molecule has 0 aliphatic heterocycles. The fourth-order valence-electron chi connectivity index (χ4n) is 2.62. The maximum atomic E-state index is 4.52. The van der Waals surface area contributed by atoms with Gasteiger partial charge >= 0.3 is 0 Å². The minimum Gasteiger partial charge on any atom is -0.303 e. The van der Waals surface area contributed by atoms with Crippen LogP contribution >= 0.6 is 12.6 Å². The zero-order chi connectivity index (χ0) is 12.2. The number of rotatable bonds is 4. The minimum absolute atomic E-state index is 0.380. The first-order valence-corrected chi connectivity index (χ1v) is 7.39. The molecule has 0 aromatic carbocycles. The van der Waals surface area contributed by atoms with Crippen molar-refractivity contribution in [1.29, 1.82) is 0 Å². The highest BCUT2D eigenvalue weighted by Crippen LogP contribution is 2.29. The van der Waals surface area contributed by atoms with Gasteiger partial charge in [0.1, 0.15) is 0 Å². The van der Waals surface area contributed by atoms with Crippen molar-refractivity contribution < 1.29 is 0 Å². The smallest absolute Gasteiger partial charge is 0.00923 e. The van der Waals surface area contributed by atoms with Gasteiger partial charge in [-0.05, 0) is 37.0 Å². The van der Waals surface area contributed by atoms with Gasteiger partial charge in [0.15, 0.2) is 0 Å². The lowest BCUT2D eigenvalue weighted by atomic mass is 9.81. The summed E-state index contributed by atoms with van der Waals surface area (Å²) in [7, 11) is 2.30. The normalized spacial score (nSPS) is 21.4. The largest absolute Gasteiger partial charge is 0.303 e. The van der Waals surface area contributed by atoms with Gasteiger partial charge in [-0.1, -0.05) is 40.0 Å². The van der Waals surface area contributed by atoms with E-state index < -0.39 is 0 Å². The molecule has 0 radical (unpaired) electrons. The molecular formula is C14H29NS. The molecule has 0 spiro atoms. The van der Waals surface area contributed by atoms with Crippen LogP contribution in [0.4, 0.5) is 0 Å². The predicted molar refractivity (Wildman–Crippen MR) is 76.3 cm³/mol. The van der Waals surface area contributed by atoms with Crippen molar-refractivity contribution in [2.75, 3.05) is 19.3 Å². The Balaban J connectivity index is 2.44. The van der Waals surface area contributed by atoms with E-state index in [4.69, 9.17) is 0 Å². The standard InChI is InChI=1S/C14H29NS/c1-14(2,3)12(11-16)10-15(4)13-8-6-5-7-9-13/h12-13,16H,5-11H2,1-4H3. The van der Waals surface area contributed by atoms with Gasteiger partial charge in [0.2, 0.25) is 0 Å². The van der Waals surface area contributed by atoms with Crippen LogP contribution in [0.1, 0.15) is 52.9 Å². The molecular weight excluding hydrogens is 214 g/mol. The van der Waals surface area contributed by atoms with Crippen LogP contribution in [0.3, 0.4) is 0 Å². The fraction of sp³-hybridized carbons (Fsp3) is 1.00. The molecule has 1 unspecified atom stereocenters. The predicted octanol–water partition coefficient (Wildman–Crippen LogP) is 3.84. The van der Waals surface area contributed by atoms with Crippen LogP contribution in [0.2, 0.25) is 0 Å². The molecule has 0 bridgehead atoms. The summed E-state index contributed by atoms with van der Waals surface area (Å²) in [5, 5.41) is 0. The Morgan fingerprint density at radius 3 is 2.19 bits per heavy atom. The molecule has 0 saturated heterocycles. The van der Waals surface area contributed by atoms with Gasteiger partial charge in [-0.3, -0.25) is 0 Å². The maximum Gasteiger partial charge on any atom is 0.00923 e. The second-order valence-corrected chi connectivity index (χ2v) is 6.84. The molecule has 1 rings (SSSR count). The summed E-state index contributed by atoms with van der Waals surface area (Å²) < 4.78 is 0. The van der Waals surface area contributed by atoms with E-state index >= 15 is 0 Å². The van der Waals surface area contributed by atoms with Crippen molar-refractivity contribution in [2.24, 2.45) is 11.3 Å². The van der Waals surface area contributed by atoms with E-state index in [1.807, 2.05) is 0 Å². The van der Waals surface area contributed by atoms with E-state index in [2.05, 4.69) is 45.3 Å². The van der Waals surface area contributed by atoms with Gasteiger partial charge in [-0.2, -0.15) is 12.6 Å². The second-order valence-electron chi connectivity index (χ2n) is 6.48. The Hall–Kier alpha value is 0.310. The first kappa shape index (κ1) is 14.4. The fourth-order valence-corrected chi connectivity index (χ4v) is 3.29. The molecule has 1 aliphatic rings. The SMILES string of the molecule is CN(CC(CS)C(C)(C)C)C1CCCCC1. The van der Waals surface area contributed by atoms with Crippen LogP contribution in [0.25, 0.3) is 0 Å². The molecule has 1 atom stereocenters. The van der Waals surface area contributed by atoms with Crippen molar-refractivity contribution in [3.05, 3.63) is 0 Å². The van der Waals surface area contributed by atoms with E-state index in [0.29, 0.717) is 11.3 Å². The van der Waals surface area contributed by atoms with Gasteiger partial charge in [0.05, 0.1) is 0 Å². The molecule has 1 aliphatic carbocycles. The Kier molecular flexibility index (Phi) is 5.66. The van der Waals surface area contributed by atoms with Gasteiger partial charge in [-0.15, -0.1) is 0 Å². The van der Waals surface area contributed by atoms with Crippen LogP contribution in [-0.2, 0) is 0 Å². The summed E-state index contributed by atoms with van der Waals surface area (Å²) in [6.07, 6.45) is 7.10. The van der Waals surface area contributed by atoms with Gasteiger partial charge in [0.25, 0.3) is 0 Å². The third kappa shape index (κ3) is 4.29. The zero-order valence-electron chi connectivity index (χ0n) is 11.5. The highest BCUT2D eigenvalue weighted by atomic mass is 32.1. The molecule has 0 N–H and O–H groups in total. The molecule has 96 valence electrons. The molecule has 0 aromatic rings. The van der Waals surface area contributed by atoms with Gasteiger partial charge < -0.3 is 4.90 Å². The van der Waals surface area contributed by atoms with Crippen molar-refractivity contribution >= 4 is 12.6 Å². The zero-order valence-corrected chi connectivity index (χ0v) is 12.4. The lowest BCUT2D eigenvalue weighted by Gasteiger charge is -2.37. The Bertz CT molecular complexity index is 191. The molecule has 0 aromatic heterocycles. The second kappa shape index (κ2) is 6.30. The number of thiol groups is 1. The summed E-state index contributed by atoms with van der Waals surface area (Å²) in [5.41, 5.74) is 0.380. The number of nitrogens with zero attached hydrogens (tertiary/aromatic N) is 1. The monoisotopic (exact) mass is 243 g/mol. The van der Waals surface area contributed by atoms with Crippen molar-refractivity contribution in [3.8, 4) is 0 Å². The van der Waals surface area contributed by atoms with Crippen LogP contribution in [-0.4, -0.2) is 30.3 Å². The Labute approximate surface area is 107 Å². The summed E-state index contributed by atoms with van der Waals surface area (Å²) in [4.78, 5) is 2.59. The van der Waals surface area contributed by atoms with E-state index in [1.54, 1.807) is 0 Å². The molecule has 0 heterocycles. The summed E-state index contributed by atoms with van der Waals surface area (Å²) in [6, 6.07) is 0.832. The molecule has 1 saturated carbocycles. The molecule has 0 amide bonds. The third-order valence-corrected chi connectivity index (χ3v) is 4.59. The summed E-state index contributed by atoms with van der Waals surface area (Å²) in [6.45, 7) is 8.21. The maximum absolute atomic E-state index is 4.52. The first-order valence-electron chi connectivity index (χ1n) is 6.76. The van der Waals surface area contributed by atoms with E-state index in [-0.39, 0.29) is 0 Å². The molecule has 16 heavy (non-hydrogen) atoms. The highest BCUT2D eigenvalue weighted by molar-refractivity contribution is 7.80. The van der Waals surface area contributed by atoms with E-state index in [9.17, 15) is 0 Å². The van der Waals surface area contributed by atoms with Crippen molar-refractivity contribution in [3.63, 3.8) is 0 Å². The molecule has 2 heteroatoms. The third-order valence-electron chi connectivity index (χ3n) is 4.15. The van der Waals surface area contributed by atoms with Gasteiger partial charge in [-0.25, -0.2) is 0 Å². The van der Waals surface area contributed by atoms with Crippen LogP contribution in [0, 0.1) is 11.3 Å². The Morgan fingerprint density at radius 2 is 1.75 bits per heavy atom. The average molecular weight is 243 g/mol. The van der Waals surface area contributed by atoms with Gasteiger partial charge in [0, 0.05) is 12.6 Å². The van der Waals surface area contributed by atoms with Crippen LogP contribution in [0.15, 0.2) is 0 Å². The highest BCUT2D eigenvalue weighted by Gasteiger charge is 2.27. The van der Waals surface area contributed by atoms with Crippen LogP contribution in [0.5, 0.6) is 0 Å². The van der Waals surface area contributed by atoms with Crippen molar-refractivity contribution in [2.45, 2.75) is 58.9 Å². The number of hydrogen-bond donors (Lipinski definition) is 1. The molecule has 1 fully saturated rings. The first-order chi connectivity index (χ1) is 7.45. The quantitative estimate of drug-likeness (QED) is 0.734. The molecule has 1 nitrogen and oxygen atoms in total. The average Bonchev–Trinajstić information content (AvgIpc) is 2.25. The van der Waals surface area contributed by atoms with E-state index in [0.717, 1.165) is 11.8 Å². The minimum atomic E-state index is 0.380. The van der Waals surface area contributed by atoms with Crippen molar-refractivity contribution in [1.82, 2.24) is 4.90 Å². The number of hydrogen-bond acceptors (Lipinski definition) is 2.